The molecular weight excluding hydrogens is 439 g/mol. The maximum atomic E-state index is 13.0. The van der Waals surface area contributed by atoms with E-state index in [0.29, 0.717) is 10.6 Å². The summed E-state index contributed by atoms with van der Waals surface area (Å²) in [5.41, 5.74) is -0.620. The van der Waals surface area contributed by atoms with Gasteiger partial charge in [-0.15, -0.1) is 13.2 Å². The van der Waals surface area contributed by atoms with Gasteiger partial charge in [-0.3, -0.25) is 14.5 Å². The molecule has 4 amide bonds. The third-order valence-electron chi connectivity index (χ3n) is 4.72. The fraction of sp³-hybridized carbons (Fsp3) is 0.250. The van der Waals surface area contributed by atoms with E-state index in [9.17, 15) is 27.6 Å². The van der Waals surface area contributed by atoms with Crippen molar-refractivity contribution in [2.75, 3.05) is 11.9 Å². The number of benzene rings is 2. The average Bonchev–Trinajstić information content (AvgIpc) is 2.94. The van der Waals surface area contributed by atoms with Gasteiger partial charge < -0.3 is 15.4 Å². The van der Waals surface area contributed by atoms with Crippen molar-refractivity contribution in [1.82, 2.24) is 10.2 Å². The molecule has 164 valence electrons. The number of imide groups is 1. The van der Waals surface area contributed by atoms with Crippen molar-refractivity contribution in [2.24, 2.45) is 0 Å². The predicted molar refractivity (Wildman–Crippen MR) is 105 cm³/mol. The lowest BCUT2D eigenvalue weighted by atomic mass is 9.87. The lowest BCUT2D eigenvalue weighted by Crippen LogP contribution is -2.44. The third-order valence-corrected chi connectivity index (χ3v) is 4.97. The van der Waals surface area contributed by atoms with E-state index < -0.39 is 42.0 Å². The number of nitrogens with one attached hydrogen (secondary N) is 2. The second-order valence-corrected chi connectivity index (χ2v) is 7.14. The van der Waals surface area contributed by atoms with E-state index in [-0.39, 0.29) is 12.1 Å². The highest BCUT2D eigenvalue weighted by Gasteiger charge is 2.51. The molecule has 1 saturated heterocycles. The molecule has 2 aromatic carbocycles. The summed E-state index contributed by atoms with van der Waals surface area (Å²) in [5.74, 6) is -1.74. The number of hydrogen-bond donors (Lipinski definition) is 2. The van der Waals surface area contributed by atoms with E-state index >= 15 is 0 Å². The highest BCUT2D eigenvalue weighted by molar-refractivity contribution is 6.30. The van der Waals surface area contributed by atoms with Gasteiger partial charge in [-0.25, -0.2) is 4.79 Å². The first-order valence-electron chi connectivity index (χ1n) is 9.10. The standard InChI is InChI=1S/C20H17ClF3N3O4/c1-2-19(12-3-5-13(21)6-4-12)17(29)27(18(30)26-19)11-16(28)25-14-7-9-15(10-8-14)31-20(22,23)24/h3-10H,2,11H2,1H3,(H,25,28)(H,26,30). The van der Waals surface area contributed by atoms with Crippen molar-refractivity contribution in [3.05, 3.63) is 59.1 Å². The predicted octanol–water partition coefficient (Wildman–Crippen LogP) is 4.03. The van der Waals surface area contributed by atoms with Gasteiger partial charge in [-0.1, -0.05) is 30.7 Å². The summed E-state index contributed by atoms with van der Waals surface area (Å²) in [6, 6.07) is 10.2. The maximum Gasteiger partial charge on any atom is 0.573 e. The van der Waals surface area contributed by atoms with Gasteiger partial charge in [0, 0.05) is 10.7 Å². The molecule has 31 heavy (non-hydrogen) atoms. The van der Waals surface area contributed by atoms with Crippen molar-refractivity contribution in [3.63, 3.8) is 0 Å². The van der Waals surface area contributed by atoms with E-state index in [1.807, 2.05) is 0 Å². The van der Waals surface area contributed by atoms with Gasteiger partial charge in [-0.05, 0) is 48.4 Å². The molecule has 3 rings (SSSR count). The van der Waals surface area contributed by atoms with Crippen molar-refractivity contribution < 1.29 is 32.3 Å². The van der Waals surface area contributed by atoms with Crippen molar-refractivity contribution >= 4 is 35.1 Å². The number of rotatable bonds is 6. The highest BCUT2D eigenvalue weighted by Crippen LogP contribution is 2.33. The maximum absolute atomic E-state index is 13.0. The SMILES string of the molecule is CCC1(c2ccc(Cl)cc2)NC(=O)N(CC(=O)Nc2ccc(OC(F)(F)F)cc2)C1=O. The molecule has 1 atom stereocenters. The quantitative estimate of drug-likeness (QED) is 0.644. The van der Waals surface area contributed by atoms with Crippen LogP contribution in [0.3, 0.4) is 0 Å². The Morgan fingerprint density at radius 3 is 2.29 bits per heavy atom. The normalized spacial score (nSPS) is 18.7. The first kappa shape index (κ1) is 22.4. The summed E-state index contributed by atoms with van der Waals surface area (Å²) in [6.07, 6.45) is -4.58. The van der Waals surface area contributed by atoms with E-state index in [1.165, 1.54) is 12.1 Å². The van der Waals surface area contributed by atoms with Crippen LogP contribution in [0.4, 0.5) is 23.7 Å². The van der Waals surface area contributed by atoms with Gasteiger partial charge in [0.1, 0.15) is 17.8 Å². The molecule has 11 heteroatoms. The van der Waals surface area contributed by atoms with Crippen LogP contribution in [0.5, 0.6) is 5.75 Å². The van der Waals surface area contributed by atoms with Crippen LogP contribution in [0.1, 0.15) is 18.9 Å². The van der Waals surface area contributed by atoms with Gasteiger partial charge in [0.25, 0.3) is 5.91 Å². The van der Waals surface area contributed by atoms with Crippen molar-refractivity contribution in [2.45, 2.75) is 25.2 Å². The molecule has 7 nitrogen and oxygen atoms in total. The average molecular weight is 456 g/mol. The molecule has 0 aliphatic carbocycles. The minimum Gasteiger partial charge on any atom is -0.406 e. The molecule has 1 heterocycles. The van der Waals surface area contributed by atoms with Crippen molar-refractivity contribution in [1.29, 1.82) is 0 Å². The molecule has 1 fully saturated rings. The lowest BCUT2D eigenvalue weighted by Gasteiger charge is -2.25. The van der Waals surface area contributed by atoms with Gasteiger partial charge in [-0.2, -0.15) is 0 Å². The Bertz CT molecular complexity index is 996. The van der Waals surface area contributed by atoms with Crippen molar-refractivity contribution in [3.8, 4) is 5.75 Å². The zero-order chi connectivity index (χ0) is 22.8. The number of carbonyl (C=O) groups is 3. The molecule has 0 saturated carbocycles. The fourth-order valence-electron chi connectivity index (χ4n) is 3.23. The number of amides is 4. The Hall–Kier alpha value is -3.27. The number of alkyl halides is 3. The zero-order valence-electron chi connectivity index (χ0n) is 16.1. The van der Waals surface area contributed by atoms with Crippen LogP contribution in [-0.4, -0.2) is 35.7 Å². The van der Waals surface area contributed by atoms with Crippen LogP contribution in [0, 0.1) is 0 Å². The smallest absolute Gasteiger partial charge is 0.406 e. The Labute approximate surface area is 180 Å². The second kappa shape index (κ2) is 8.46. The Morgan fingerprint density at radius 2 is 1.74 bits per heavy atom. The summed E-state index contributed by atoms with van der Waals surface area (Å²) in [6.45, 7) is 1.15. The highest BCUT2D eigenvalue weighted by atomic mass is 35.5. The number of ether oxygens (including phenoxy) is 1. The van der Waals surface area contributed by atoms with Crippen LogP contribution < -0.4 is 15.4 Å². The molecule has 1 unspecified atom stereocenters. The molecule has 0 aromatic heterocycles. The summed E-state index contributed by atoms with van der Waals surface area (Å²) >= 11 is 5.89. The molecule has 2 aromatic rings. The zero-order valence-corrected chi connectivity index (χ0v) is 16.9. The van der Waals surface area contributed by atoms with Gasteiger partial charge in [0.15, 0.2) is 0 Å². The summed E-state index contributed by atoms with van der Waals surface area (Å²) in [7, 11) is 0. The minimum absolute atomic E-state index is 0.172. The number of hydrogen-bond acceptors (Lipinski definition) is 4. The van der Waals surface area contributed by atoms with Crippen LogP contribution in [-0.2, 0) is 15.1 Å². The third kappa shape index (κ3) is 4.91. The minimum atomic E-state index is -4.83. The summed E-state index contributed by atoms with van der Waals surface area (Å²) in [4.78, 5) is 38.6. The Kier molecular flexibility index (Phi) is 6.12. The molecule has 0 bridgehead atoms. The van der Waals surface area contributed by atoms with E-state index in [2.05, 4.69) is 15.4 Å². The number of anilines is 1. The van der Waals surface area contributed by atoms with E-state index in [0.717, 1.165) is 17.0 Å². The molecule has 0 radical (unpaired) electrons. The molecule has 2 N–H and O–H groups in total. The largest absolute Gasteiger partial charge is 0.573 e. The lowest BCUT2D eigenvalue weighted by molar-refractivity contribution is -0.274. The van der Waals surface area contributed by atoms with Gasteiger partial charge >= 0.3 is 12.4 Å². The molecular formula is C20H17ClF3N3O4. The molecule has 0 spiro atoms. The van der Waals surface area contributed by atoms with Gasteiger partial charge in [0.05, 0.1) is 0 Å². The molecule has 1 aliphatic rings. The van der Waals surface area contributed by atoms with Crippen LogP contribution in [0.2, 0.25) is 5.02 Å². The number of urea groups is 1. The Balaban J connectivity index is 1.69. The molecule has 1 aliphatic heterocycles. The summed E-state index contributed by atoms with van der Waals surface area (Å²) < 4.78 is 40.4. The monoisotopic (exact) mass is 455 g/mol. The number of halogens is 4. The van der Waals surface area contributed by atoms with E-state index in [1.54, 1.807) is 31.2 Å². The van der Waals surface area contributed by atoms with Gasteiger partial charge in [0.2, 0.25) is 5.91 Å². The van der Waals surface area contributed by atoms with E-state index in [4.69, 9.17) is 11.6 Å². The fourth-order valence-corrected chi connectivity index (χ4v) is 3.35. The second-order valence-electron chi connectivity index (χ2n) is 6.71. The number of nitrogens with zero attached hydrogens (tertiary/aromatic N) is 1. The first-order chi connectivity index (χ1) is 14.5. The Morgan fingerprint density at radius 1 is 1.13 bits per heavy atom. The van der Waals surface area contributed by atoms with Crippen LogP contribution in [0.25, 0.3) is 0 Å². The van der Waals surface area contributed by atoms with Crippen LogP contribution in [0.15, 0.2) is 48.5 Å². The van der Waals surface area contributed by atoms with Crippen LogP contribution >= 0.6 is 11.6 Å². The first-order valence-corrected chi connectivity index (χ1v) is 9.47. The number of carbonyl (C=O) groups excluding carboxylic acids is 3. The topological polar surface area (TPSA) is 87.7 Å². The summed E-state index contributed by atoms with van der Waals surface area (Å²) in [5, 5.41) is 5.54.